The normalized spacial score (nSPS) is 26.4. The lowest BCUT2D eigenvalue weighted by atomic mass is 9.94. The van der Waals surface area contributed by atoms with Crippen LogP contribution in [0.5, 0.6) is 0 Å². The second-order valence-corrected chi connectivity index (χ2v) is 2.55. The molecule has 1 aliphatic heterocycles. The lowest BCUT2D eigenvalue weighted by Crippen LogP contribution is -2.15. The molecule has 1 unspecified atom stereocenters. The van der Waals surface area contributed by atoms with Crippen molar-refractivity contribution in [3.05, 3.63) is 35.8 Å². The Morgan fingerprint density at radius 3 is 3.17 bits per heavy atom. The first kappa shape index (κ1) is 7.09. The first-order valence-electron chi connectivity index (χ1n) is 3.47. The molecule has 60 valence electrons. The average molecular weight is 164 g/mol. The van der Waals surface area contributed by atoms with Gasteiger partial charge in [-0.25, -0.2) is 4.39 Å². The van der Waals surface area contributed by atoms with E-state index in [1.165, 1.54) is 24.4 Å². The van der Waals surface area contributed by atoms with E-state index in [1.54, 1.807) is 0 Å². The van der Waals surface area contributed by atoms with Crippen LogP contribution in [0.2, 0.25) is 0 Å². The molecule has 1 aliphatic carbocycles. The molecule has 1 atom stereocenters. The van der Waals surface area contributed by atoms with E-state index >= 15 is 0 Å². The van der Waals surface area contributed by atoms with Crippen LogP contribution in [0.4, 0.5) is 4.39 Å². The van der Waals surface area contributed by atoms with E-state index in [-0.39, 0.29) is 11.7 Å². The van der Waals surface area contributed by atoms with E-state index in [0.717, 1.165) is 0 Å². The zero-order chi connectivity index (χ0) is 8.55. The average Bonchev–Trinajstić information content (AvgIpc) is 2.04. The molecule has 0 aromatic rings. The van der Waals surface area contributed by atoms with E-state index in [1.807, 2.05) is 0 Å². The Morgan fingerprint density at radius 2 is 2.33 bits per heavy atom. The molecule has 0 saturated carbocycles. The van der Waals surface area contributed by atoms with Crippen molar-refractivity contribution in [3.63, 3.8) is 0 Å². The SMILES string of the molecule is O=C1N=NC=C2C=C(F)C=CC12. The van der Waals surface area contributed by atoms with E-state index < -0.39 is 5.92 Å². The quantitative estimate of drug-likeness (QED) is 0.539. The number of amides is 1. The summed E-state index contributed by atoms with van der Waals surface area (Å²) in [6.07, 6.45) is 5.44. The second-order valence-electron chi connectivity index (χ2n) is 2.55. The number of fused-ring (bicyclic) bond motifs is 1. The predicted molar refractivity (Wildman–Crippen MR) is 39.8 cm³/mol. The highest BCUT2D eigenvalue weighted by molar-refractivity contribution is 5.86. The molecule has 4 heteroatoms. The Labute approximate surface area is 68.0 Å². The third kappa shape index (κ3) is 1.01. The molecule has 0 spiro atoms. The number of halogens is 1. The summed E-state index contributed by atoms with van der Waals surface area (Å²) in [5, 5.41) is 6.79. The molecular weight excluding hydrogens is 159 g/mol. The molecule has 12 heavy (non-hydrogen) atoms. The van der Waals surface area contributed by atoms with Crippen LogP contribution in [0.1, 0.15) is 0 Å². The topological polar surface area (TPSA) is 41.8 Å². The van der Waals surface area contributed by atoms with Crippen LogP contribution in [0, 0.1) is 5.92 Å². The molecule has 2 aliphatic rings. The van der Waals surface area contributed by atoms with Gasteiger partial charge in [0.1, 0.15) is 5.83 Å². The van der Waals surface area contributed by atoms with Gasteiger partial charge >= 0.3 is 0 Å². The van der Waals surface area contributed by atoms with Crippen molar-refractivity contribution >= 4 is 5.91 Å². The summed E-state index contributed by atoms with van der Waals surface area (Å²) in [4.78, 5) is 11.0. The molecule has 0 radical (unpaired) electrons. The molecule has 2 rings (SSSR count). The summed E-state index contributed by atoms with van der Waals surface area (Å²) in [6.45, 7) is 0. The lowest BCUT2D eigenvalue weighted by Gasteiger charge is -2.14. The maximum absolute atomic E-state index is 12.6. The fourth-order valence-electron chi connectivity index (χ4n) is 1.15. The van der Waals surface area contributed by atoms with Gasteiger partial charge in [-0.2, -0.15) is 5.11 Å². The molecule has 1 heterocycles. The van der Waals surface area contributed by atoms with Crippen LogP contribution in [0.3, 0.4) is 0 Å². The Kier molecular flexibility index (Phi) is 1.46. The van der Waals surface area contributed by atoms with Crippen LogP contribution < -0.4 is 0 Å². The number of hydrogen-bond donors (Lipinski definition) is 0. The molecule has 0 N–H and O–H groups in total. The molecule has 0 fully saturated rings. The second kappa shape index (κ2) is 2.48. The van der Waals surface area contributed by atoms with Gasteiger partial charge in [-0.3, -0.25) is 4.79 Å². The molecule has 0 saturated heterocycles. The van der Waals surface area contributed by atoms with Crippen molar-refractivity contribution in [2.24, 2.45) is 16.1 Å². The van der Waals surface area contributed by atoms with Crippen molar-refractivity contribution < 1.29 is 9.18 Å². The van der Waals surface area contributed by atoms with Crippen LogP contribution >= 0.6 is 0 Å². The van der Waals surface area contributed by atoms with Crippen molar-refractivity contribution in [2.75, 3.05) is 0 Å². The number of rotatable bonds is 0. The maximum Gasteiger partial charge on any atom is 0.275 e. The van der Waals surface area contributed by atoms with Gasteiger partial charge in [0.05, 0.1) is 12.1 Å². The number of allylic oxidation sites excluding steroid dienone is 3. The lowest BCUT2D eigenvalue weighted by molar-refractivity contribution is -0.120. The fourth-order valence-corrected chi connectivity index (χ4v) is 1.15. The predicted octanol–water partition coefficient (Wildman–Crippen LogP) is 1.90. The summed E-state index contributed by atoms with van der Waals surface area (Å²) >= 11 is 0. The van der Waals surface area contributed by atoms with Gasteiger partial charge in [-0.1, -0.05) is 6.08 Å². The van der Waals surface area contributed by atoms with E-state index in [2.05, 4.69) is 10.2 Å². The van der Waals surface area contributed by atoms with E-state index in [0.29, 0.717) is 5.57 Å². The molecule has 3 nitrogen and oxygen atoms in total. The minimum absolute atomic E-state index is 0.340. The summed E-state index contributed by atoms with van der Waals surface area (Å²) < 4.78 is 12.6. The molecule has 1 amide bonds. The summed E-state index contributed by atoms with van der Waals surface area (Å²) in [5.41, 5.74) is 0.565. The molecular formula is C8H5FN2O. The molecule has 0 aromatic heterocycles. The zero-order valence-corrected chi connectivity index (χ0v) is 6.07. The monoisotopic (exact) mass is 164 g/mol. The standard InChI is InChI=1S/C8H5FN2O/c9-6-1-2-7-5(3-6)4-10-11-8(7)12/h1-4,7H. The smallest absolute Gasteiger partial charge is 0.270 e. The minimum Gasteiger partial charge on any atom is -0.270 e. The zero-order valence-electron chi connectivity index (χ0n) is 6.07. The van der Waals surface area contributed by atoms with Crippen LogP contribution in [-0.2, 0) is 4.79 Å². The van der Waals surface area contributed by atoms with Crippen LogP contribution in [0.15, 0.2) is 46.1 Å². The number of azo groups is 1. The van der Waals surface area contributed by atoms with E-state index in [9.17, 15) is 9.18 Å². The number of nitrogens with zero attached hydrogens (tertiary/aromatic N) is 2. The van der Waals surface area contributed by atoms with Gasteiger partial charge in [0.15, 0.2) is 0 Å². The van der Waals surface area contributed by atoms with Crippen molar-refractivity contribution in [1.82, 2.24) is 0 Å². The molecule has 0 bridgehead atoms. The molecule has 0 aromatic carbocycles. The van der Waals surface area contributed by atoms with Gasteiger partial charge in [0.25, 0.3) is 5.91 Å². The van der Waals surface area contributed by atoms with Gasteiger partial charge in [0, 0.05) is 0 Å². The van der Waals surface area contributed by atoms with Gasteiger partial charge in [-0.15, -0.1) is 5.11 Å². The Balaban J connectivity index is 2.43. The number of carbonyl (C=O) groups is 1. The Bertz CT molecular complexity index is 352. The first-order valence-corrected chi connectivity index (χ1v) is 3.47. The third-order valence-corrected chi connectivity index (χ3v) is 1.74. The van der Waals surface area contributed by atoms with Gasteiger partial charge in [-0.05, 0) is 17.7 Å². The summed E-state index contributed by atoms with van der Waals surface area (Å²) in [6, 6.07) is 0. The highest BCUT2D eigenvalue weighted by Crippen LogP contribution is 2.26. The van der Waals surface area contributed by atoms with Crippen LogP contribution in [-0.4, -0.2) is 5.91 Å². The highest BCUT2D eigenvalue weighted by atomic mass is 19.1. The largest absolute Gasteiger partial charge is 0.275 e. The van der Waals surface area contributed by atoms with Gasteiger partial charge in [0.2, 0.25) is 0 Å². The number of carbonyl (C=O) groups excluding carboxylic acids is 1. The van der Waals surface area contributed by atoms with Crippen LogP contribution in [0.25, 0.3) is 0 Å². The minimum atomic E-state index is -0.429. The summed E-state index contributed by atoms with van der Waals surface area (Å²) in [7, 11) is 0. The Hall–Kier alpha value is -1.58. The van der Waals surface area contributed by atoms with E-state index in [4.69, 9.17) is 0 Å². The third-order valence-electron chi connectivity index (χ3n) is 1.74. The number of hydrogen-bond acceptors (Lipinski definition) is 2. The van der Waals surface area contributed by atoms with Crippen molar-refractivity contribution in [1.29, 1.82) is 0 Å². The van der Waals surface area contributed by atoms with Crippen molar-refractivity contribution in [3.8, 4) is 0 Å². The highest BCUT2D eigenvalue weighted by Gasteiger charge is 2.24. The first-order chi connectivity index (χ1) is 5.77. The Morgan fingerprint density at radius 1 is 1.50 bits per heavy atom. The van der Waals surface area contributed by atoms with Gasteiger partial charge < -0.3 is 0 Å². The summed E-state index contributed by atoms with van der Waals surface area (Å²) in [5.74, 6) is -1.13. The van der Waals surface area contributed by atoms with Crippen molar-refractivity contribution in [2.45, 2.75) is 0 Å². The maximum atomic E-state index is 12.6. The fraction of sp³-hybridized carbons (Fsp3) is 0.125.